The fourth-order valence-electron chi connectivity index (χ4n) is 1.92. The molecule has 1 rings (SSSR count). The largest absolute Gasteiger partial charge is 0.483 e. The smallest absolute Gasteiger partial charge is 0.339 e. The number of carboxylic acids is 1. The summed E-state index contributed by atoms with van der Waals surface area (Å²) in [6.07, 6.45) is 1.73. The normalized spacial score (nSPS) is 10.2. The summed E-state index contributed by atoms with van der Waals surface area (Å²) in [5.74, 6) is -1.17. The SMILES string of the molecule is CCCN(CCC)C(=O)COc1cc(Cl)ccc1C(=O)O. The predicted molar refractivity (Wildman–Crippen MR) is 81.1 cm³/mol. The molecule has 21 heavy (non-hydrogen) atoms. The number of hydrogen-bond acceptors (Lipinski definition) is 3. The second-order valence-electron chi connectivity index (χ2n) is 4.62. The Morgan fingerprint density at radius 3 is 2.38 bits per heavy atom. The highest BCUT2D eigenvalue weighted by atomic mass is 35.5. The topological polar surface area (TPSA) is 66.8 Å². The molecule has 6 heteroatoms. The number of carbonyl (C=O) groups is 2. The molecule has 0 spiro atoms. The lowest BCUT2D eigenvalue weighted by Crippen LogP contribution is -2.36. The fraction of sp³-hybridized carbons (Fsp3) is 0.467. The monoisotopic (exact) mass is 313 g/mol. The third-order valence-electron chi connectivity index (χ3n) is 2.86. The van der Waals surface area contributed by atoms with Gasteiger partial charge in [-0.1, -0.05) is 25.4 Å². The predicted octanol–water partition coefficient (Wildman–Crippen LogP) is 3.07. The maximum atomic E-state index is 12.1. The van der Waals surface area contributed by atoms with Crippen LogP contribution in [0.25, 0.3) is 0 Å². The number of hydrogen-bond donors (Lipinski definition) is 1. The number of benzene rings is 1. The van der Waals surface area contributed by atoms with Gasteiger partial charge in [-0.25, -0.2) is 4.79 Å². The lowest BCUT2D eigenvalue weighted by Gasteiger charge is -2.21. The average molecular weight is 314 g/mol. The van der Waals surface area contributed by atoms with E-state index in [2.05, 4.69) is 0 Å². The molecule has 0 heterocycles. The van der Waals surface area contributed by atoms with Crippen molar-refractivity contribution in [2.75, 3.05) is 19.7 Å². The van der Waals surface area contributed by atoms with Crippen molar-refractivity contribution < 1.29 is 19.4 Å². The van der Waals surface area contributed by atoms with E-state index in [1.807, 2.05) is 13.8 Å². The zero-order valence-electron chi connectivity index (χ0n) is 12.3. The maximum Gasteiger partial charge on any atom is 0.339 e. The van der Waals surface area contributed by atoms with Gasteiger partial charge in [0.25, 0.3) is 5.91 Å². The highest BCUT2D eigenvalue weighted by Crippen LogP contribution is 2.23. The minimum atomic E-state index is -1.12. The van der Waals surface area contributed by atoms with E-state index in [0.29, 0.717) is 18.1 Å². The average Bonchev–Trinajstić information content (AvgIpc) is 2.44. The first-order chi connectivity index (χ1) is 9.99. The number of rotatable bonds is 8. The van der Waals surface area contributed by atoms with Crippen molar-refractivity contribution in [3.63, 3.8) is 0 Å². The minimum absolute atomic E-state index is 0.00951. The third kappa shape index (κ3) is 5.27. The zero-order valence-corrected chi connectivity index (χ0v) is 13.0. The molecule has 0 aliphatic carbocycles. The first kappa shape index (κ1) is 17.3. The number of aromatic carboxylic acids is 1. The molecule has 1 N–H and O–H groups in total. The van der Waals surface area contributed by atoms with Crippen LogP contribution in [0.4, 0.5) is 0 Å². The zero-order chi connectivity index (χ0) is 15.8. The van der Waals surface area contributed by atoms with Gasteiger partial charge in [0, 0.05) is 18.1 Å². The van der Waals surface area contributed by atoms with Crippen molar-refractivity contribution in [1.29, 1.82) is 0 Å². The molecule has 5 nitrogen and oxygen atoms in total. The van der Waals surface area contributed by atoms with Crippen molar-refractivity contribution in [3.8, 4) is 5.75 Å². The summed E-state index contributed by atoms with van der Waals surface area (Å²) >= 11 is 5.83. The lowest BCUT2D eigenvalue weighted by atomic mass is 10.2. The molecule has 1 aromatic rings. The molecule has 1 amide bonds. The van der Waals surface area contributed by atoms with Crippen LogP contribution in [0.1, 0.15) is 37.0 Å². The van der Waals surface area contributed by atoms with E-state index in [4.69, 9.17) is 21.4 Å². The summed E-state index contributed by atoms with van der Waals surface area (Å²) < 4.78 is 5.36. The molecule has 0 unspecified atom stereocenters. The van der Waals surface area contributed by atoms with Crippen molar-refractivity contribution in [2.45, 2.75) is 26.7 Å². The highest BCUT2D eigenvalue weighted by Gasteiger charge is 2.16. The number of amides is 1. The molecule has 1 aromatic carbocycles. The van der Waals surface area contributed by atoms with Gasteiger partial charge in [0.1, 0.15) is 11.3 Å². The van der Waals surface area contributed by atoms with Crippen LogP contribution in [0, 0.1) is 0 Å². The minimum Gasteiger partial charge on any atom is -0.483 e. The van der Waals surface area contributed by atoms with Crippen molar-refractivity contribution >= 4 is 23.5 Å². The Morgan fingerprint density at radius 2 is 1.86 bits per heavy atom. The standard InChI is InChI=1S/C15H20ClNO4/c1-3-7-17(8-4-2)14(18)10-21-13-9-11(16)5-6-12(13)15(19)20/h5-6,9H,3-4,7-8,10H2,1-2H3,(H,19,20). The molecule has 0 radical (unpaired) electrons. The molecule has 0 fully saturated rings. The Bertz CT molecular complexity index is 498. The number of halogens is 1. The van der Waals surface area contributed by atoms with Crippen LogP contribution in [-0.2, 0) is 4.79 Å². The summed E-state index contributed by atoms with van der Waals surface area (Å²) in [6.45, 7) is 5.13. The van der Waals surface area contributed by atoms with Crippen molar-refractivity contribution in [3.05, 3.63) is 28.8 Å². The molecular formula is C15H20ClNO4. The van der Waals surface area contributed by atoms with E-state index in [-0.39, 0.29) is 23.8 Å². The van der Waals surface area contributed by atoms with Gasteiger partial charge in [0.05, 0.1) is 0 Å². The maximum absolute atomic E-state index is 12.1. The van der Waals surface area contributed by atoms with Crippen LogP contribution in [0.5, 0.6) is 5.75 Å². The third-order valence-corrected chi connectivity index (χ3v) is 3.10. The molecule has 0 aliphatic rings. The molecule has 0 aromatic heterocycles. The van der Waals surface area contributed by atoms with E-state index in [1.165, 1.54) is 18.2 Å². The lowest BCUT2D eigenvalue weighted by molar-refractivity contribution is -0.133. The summed E-state index contributed by atoms with van der Waals surface area (Å²) in [4.78, 5) is 24.9. The molecule has 0 saturated heterocycles. The van der Waals surface area contributed by atoms with E-state index in [9.17, 15) is 9.59 Å². The van der Waals surface area contributed by atoms with Crippen LogP contribution in [0.15, 0.2) is 18.2 Å². The summed E-state index contributed by atoms with van der Waals surface area (Å²) in [5.41, 5.74) is -0.00951. The summed E-state index contributed by atoms with van der Waals surface area (Å²) in [6, 6.07) is 4.24. The van der Waals surface area contributed by atoms with Gasteiger partial charge in [-0.2, -0.15) is 0 Å². The van der Waals surface area contributed by atoms with Crippen LogP contribution in [-0.4, -0.2) is 41.6 Å². The first-order valence-corrected chi connectivity index (χ1v) is 7.30. The van der Waals surface area contributed by atoms with E-state index >= 15 is 0 Å². The Hall–Kier alpha value is -1.75. The van der Waals surface area contributed by atoms with E-state index < -0.39 is 5.97 Å². The summed E-state index contributed by atoms with van der Waals surface area (Å²) in [7, 11) is 0. The van der Waals surface area contributed by atoms with Crippen LogP contribution >= 0.6 is 11.6 Å². The molecule has 0 saturated carbocycles. The molecular weight excluding hydrogens is 294 g/mol. The van der Waals surface area contributed by atoms with Gasteiger partial charge in [0.2, 0.25) is 0 Å². The van der Waals surface area contributed by atoms with Gasteiger partial charge in [-0.05, 0) is 31.0 Å². The number of nitrogens with zero attached hydrogens (tertiary/aromatic N) is 1. The molecule has 0 atom stereocenters. The van der Waals surface area contributed by atoms with Crippen LogP contribution in [0.3, 0.4) is 0 Å². The van der Waals surface area contributed by atoms with Crippen molar-refractivity contribution in [1.82, 2.24) is 4.90 Å². The fourth-order valence-corrected chi connectivity index (χ4v) is 2.09. The summed E-state index contributed by atoms with van der Waals surface area (Å²) in [5, 5.41) is 9.44. The first-order valence-electron chi connectivity index (χ1n) is 6.93. The number of carbonyl (C=O) groups excluding carboxylic acids is 1. The Balaban J connectivity index is 2.75. The molecule has 0 bridgehead atoms. The molecule has 116 valence electrons. The van der Waals surface area contributed by atoms with Crippen LogP contribution in [0.2, 0.25) is 5.02 Å². The van der Waals surface area contributed by atoms with Crippen molar-refractivity contribution in [2.24, 2.45) is 0 Å². The second kappa shape index (κ2) is 8.52. The van der Waals surface area contributed by atoms with Gasteiger partial charge in [-0.3, -0.25) is 4.79 Å². The Kier molecular flexibility index (Phi) is 7.02. The Labute approximate surface area is 129 Å². The second-order valence-corrected chi connectivity index (χ2v) is 5.05. The highest BCUT2D eigenvalue weighted by molar-refractivity contribution is 6.30. The molecule has 0 aliphatic heterocycles. The van der Waals surface area contributed by atoms with Gasteiger partial charge in [-0.15, -0.1) is 0 Å². The van der Waals surface area contributed by atoms with E-state index in [1.54, 1.807) is 4.90 Å². The Morgan fingerprint density at radius 1 is 1.24 bits per heavy atom. The van der Waals surface area contributed by atoms with Gasteiger partial charge >= 0.3 is 5.97 Å². The quantitative estimate of drug-likeness (QED) is 0.801. The number of carboxylic acid groups (broad SMARTS) is 1. The van der Waals surface area contributed by atoms with Crippen LogP contribution < -0.4 is 4.74 Å². The van der Waals surface area contributed by atoms with E-state index in [0.717, 1.165) is 12.8 Å². The van der Waals surface area contributed by atoms with Gasteiger partial charge in [0.15, 0.2) is 6.61 Å². The van der Waals surface area contributed by atoms with Gasteiger partial charge < -0.3 is 14.7 Å². The number of ether oxygens (including phenoxy) is 1.